The number of hydrogen-bond donors (Lipinski definition) is 1. The van der Waals surface area contributed by atoms with Gasteiger partial charge in [0.15, 0.2) is 11.6 Å². The minimum absolute atomic E-state index is 0.239. The van der Waals surface area contributed by atoms with Gasteiger partial charge in [0.2, 0.25) is 0 Å². The first-order valence-electron chi connectivity index (χ1n) is 5.64. The number of aryl methyl sites for hydroxylation is 1. The maximum atomic E-state index is 13.6. The highest BCUT2D eigenvalue weighted by atomic mass is 19.1. The molecule has 88 valence electrons. The van der Waals surface area contributed by atoms with Crippen molar-refractivity contribution >= 4 is 0 Å². The molecule has 0 amide bonds. The Morgan fingerprint density at radius 1 is 1.31 bits per heavy atom. The number of hydrogen-bond acceptors (Lipinski definition) is 2. The van der Waals surface area contributed by atoms with Gasteiger partial charge in [0.05, 0.1) is 12.7 Å². The van der Waals surface area contributed by atoms with Crippen LogP contribution < -0.4 is 4.74 Å². The van der Waals surface area contributed by atoms with Gasteiger partial charge in [-0.15, -0.1) is 0 Å². The molecule has 0 heterocycles. The largest absolute Gasteiger partial charge is 0.494 e. The van der Waals surface area contributed by atoms with Gasteiger partial charge in [0.1, 0.15) is 0 Å². The van der Waals surface area contributed by atoms with Gasteiger partial charge in [0, 0.05) is 0 Å². The molecule has 2 nitrogen and oxygen atoms in total. The van der Waals surface area contributed by atoms with Crippen LogP contribution in [0.15, 0.2) is 12.1 Å². The van der Waals surface area contributed by atoms with Crippen LogP contribution >= 0.6 is 0 Å². The number of methoxy groups -OCH3 is 1. The highest BCUT2D eigenvalue weighted by Crippen LogP contribution is 2.41. The Morgan fingerprint density at radius 3 is 2.50 bits per heavy atom. The second kappa shape index (κ2) is 4.06. The first-order chi connectivity index (χ1) is 7.57. The van der Waals surface area contributed by atoms with E-state index in [0.29, 0.717) is 5.56 Å². The summed E-state index contributed by atoms with van der Waals surface area (Å²) in [6.07, 6.45) is 3.45. The van der Waals surface area contributed by atoms with Crippen LogP contribution in [0.1, 0.15) is 36.8 Å². The third-order valence-corrected chi connectivity index (χ3v) is 3.43. The number of halogens is 1. The average molecular weight is 224 g/mol. The van der Waals surface area contributed by atoms with Crippen molar-refractivity contribution in [3.8, 4) is 5.75 Å². The molecular formula is C13H17FO2. The van der Waals surface area contributed by atoms with E-state index >= 15 is 0 Å². The molecule has 1 saturated carbocycles. The maximum absolute atomic E-state index is 13.6. The van der Waals surface area contributed by atoms with Gasteiger partial charge in [-0.1, -0.05) is 12.8 Å². The molecule has 1 fully saturated rings. The van der Waals surface area contributed by atoms with E-state index in [2.05, 4.69) is 0 Å². The van der Waals surface area contributed by atoms with E-state index in [1.165, 1.54) is 13.2 Å². The zero-order chi connectivity index (χ0) is 11.8. The molecule has 3 heteroatoms. The van der Waals surface area contributed by atoms with E-state index in [1.807, 2.05) is 6.92 Å². The molecule has 1 aliphatic carbocycles. The Balaban J connectivity index is 2.45. The zero-order valence-corrected chi connectivity index (χ0v) is 9.72. The summed E-state index contributed by atoms with van der Waals surface area (Å²) in [5.74, 6) is -0.161. The molecule has 1 aromatic carbocycles. The summed E-state index contributed by atoms with van der Waals surface area (Å²) in [5.41, 5.74) is 0.767. The van der Waals surface area contributed by atoms with Gasteiger partial charge in [-0.2, -0.15) is 0 Å². The number of benzene rings is 1. The molecule has 0 bridgehead atoms. The Bertz CT molecular complexity index is 395. The lowest BCUT2D eigenvalue weighted by Gasteiger charge is -2.25. The monoisotopic (exact) mass is 224 g/mol. The van der Waals surface area contributed by atoms with Gasteiger partial charge >= 0.3 is 0 Å². The van der Waals surface area contributed by atoms with Crippen LogP contribution in [0.4, 0.5) is 4.39 Å². The van der Waals surface area contributed by atoms with E-state index < -0.39 is 11.4 Å². The number of rotatable bonds is 2. The average Bonchev–Trinajstić information content (AvgIpc) is 2.69. The van der Waals surface area contributed by atoms with Gasteiger partial charge < -0.3 is 9.84 Å². The first kappa shape index (κ1) is 11.4. The molecule has 0 aliphatic heterocycles. The van der Waals surface area contributed by atoms with Crippen molar-refractivity contribution in [3.05, 3.63) is 29.1 Å². The minimum Gasteiger partial charge on any atom is -0.494 e. The summed E-state index contributed by atoms with van der Waals surface area (Å²) in [4.78, 5) is 0. The maximum Gasteiger partial charge on any atom is 0.165 e. The first-order valence-corrected chi connectivity index (χ1v) is 5.64. The van der Waals surface area contributed by atoms with E-state index in [4.69, 9.17) is 4.74 Å². The SMILES string of the molecule is COc1cc(C)c(C2(O)CCCC2)cc1F. The second-order valence-corrected chi connectivity index (χ2v) is 4.54. The van der Waals surface area contributed by atoms with E-state index in [-0.39, 0.29) is 5.75 Å². The van der Waals surface area contributed by atoms with Crippen LogP contribution in [0.25, 0.3) is 0 Å². The van der Waals surface area contributed by atoms with Crippen LogP contribution in [-0.4, -0.2) is 12.2 Å². The van der Waals surface area contributed by atoms with Crippen LogP contribution in [0.2, 0.25) is 0 Å². The van der Waals surface area contributed by atoms with Crippen molar-refractivity contribution in [3.63, 3.8) is 0 Å². The van der Waals surface area contributed by atoms with E-state index in [1.54, 1.807) is 6.07 Å². The standard InChI is InChI=1S/C13H17FO2/c1-9-7-12(16-2)11(14)8-10(9)13(15)5-3-4-6-13/h7-8,15H,3-6H2,1-2H3. The van der Waals surface area contributed by atoms with Crippen LogP contribution in [-0.2, 0) is 5.60 Å². The van der Waals surface area contributed by atoms with Gasteiger partial charge in [-0.3, -0.25) is 0 Å². The van der Waals surface area contributed by atoms with Gasteiger partial charge in [-0.25, -0.2) is 4.39 Å². The van der Waals surface area contributed by atoms with Crippen molar-refractivity contribution in [1.29, 1.82) is 0 Å². The van der Waals surface area contributed by atoms with Crippen molar-refractivity contribution in [2.75, 3.05) is 7.11 Å². The smallest absolute Gasteiger partial charge is 0.165 e. The molecule has 0 aromatic heterocycles. The van der Waals surface area contributed by atoms with Gasteiger partial charge in [-0.05, 0) is 43.0 Å². The molecule has 1 aromatic rings. The topological polar surface area (TPSA) is 29.5 Å². The molecular weight excluding hydrogens is 207 g/mol. The summed E-state index contributed by atoms with van der Waals surface area (Å²) in [6.45, 7) is 1.88. The molecule has 0 unspecified atom stereocenters. The summed E-state index contributed by atoms with van der Waals surface area (Å²) in [7, 11) is 1.45. The van der Waals surface area contributed by atoms with Crippen molar-refractivity contribution in [1.82, 2.24) is 0 Å². The number of ether oxygens (including phenoxy) is 1. The lowest BCUT2D eigenvalue weighted by atomic mass is 9.88. The van der Waals surface area contributed by atoms with E-state index in [0.717, 1.165) is 31.2 Å². The Morgan fingerprint density at radius 2 is 1.94 bits per heavy atom. The van der Waals surface area contributed by atoms with E-state index in [9.17, 15) is 9.50 Å². The third-order valence-electron chi connectivity index (χ3n) is 3.43. The molecule has 0 spiro atoms. The third kappa shape index (κ3) is 1.80. The quantitative estimate of drug-likeness (QED) is 0.837. The Labute approximate surface area is 95.1 Å². The fraction of sp³-hybridized carbons (Fsp3) is 0.538. The second-order valence-electron chi connectivity index (χ2n) is 4.54. The molecule has 1 N–H and O–H groups in total. The highest BCUT2D eigenvalue weighted by molar-refractivity contribution is 5.39. The molecule has 2 rings (SSSR count). The lowest BCUT2D eigenvalue weighted by Crippen LogP contribution is -2.22. The summed E-state index contributed by atoms with van der Waals surface area (Å²) >= 11 is 0. The van der Waals surface area contributed by atoms with Crippen molar-refractivity contribution in [2.24, 2.45) is 0 Å². The van der Waals surface area contributed by atoms with Crippen LogP contribution in [0, 0.1) is 12.7 Å². The van der Waals surface area contributed by atoms with Crippen LogP contribution in [0.5, 0.6) is 5.75 Å². The lowest BCUT2D eigenvalue weighted by molar-refractivity contribution is 0.0434. The van der Waals surface area contributed by atoms with Gasteiger partial charge in [0.25, 0.3) is 0 Å². The van der Waals surface area contributed by atoms with Crippen molar-refractivity contribution < 1.29 is 14.2 Å². The van der Waals surface area contributed by atoms with Crippen LogP contribution in [0.3, 0.4) is 0 Å². The molecule has 0 saturated heterocycles. The summed E-state index contributed by atoms with van der Waals surface area (Å²) in [5, 5.41) is 10.4. The highest BCUT2D eigenvalue weighted by Gasteiger charge is 2.34. The molecule has 1 aliphatic rings. The Kier molecular flexibility index (Phi) is 2.89. The summed E-state index contributed by atoms with van der Waals surface area (Å²) in [6, 6.07) is 3.07. The summed E-state index contributed by atoms with van der Waals surface area (Å²) < 4.78 is 18.5. The zero-order valence-electron chi connectivity index (χ0n) is 9.72. The molecule has 0 atom stereocenters. The molecule has 16 heavy (non-hydrogen) atoms. The normalized spacial score (nSPS) is 18.8. The minimum atomic E-state index is -0.836. The fourth-order valence-corrected chi connectivity index (χ4v) is 2.54. The Hall–Kier alpha value is -1.09. The van der Waals surface area contributed by atoms with Crippen molar-refractivity contribution in [2.45, 2.75) is 38.2 Å². The predicted molar refractivity (Wildman–Crippen MR) is 60.1 cm³/mol. The number of aliphatic hydroxyl groups is 1. The fourth-order valence-electron chi connectivity index (χ4n) is 2.54. The molecule has 0 radical (unpaired) electrons. The predicted octanol–water partition coefficient (Wildman–Crippen LogP) is 2.90.